The van der Waals surface area contributed by atoms with Crippen molar-refractivity contribution in [3.8, 4) is 5.88 Å². The van der Waals surface area contributed by atoms with Gasteiger partial charge in [-0.1, -0.05) is 0 Å². The minimum Gasteiger partial charge on any atom is -0.480 e. The summed E-state index contributed by atoms with van der Waals surface area (Å²) in [6.45, 7) is 5.13. The van der Waals surface area contributed by atoms with Crippen molar-refractivity contribution in [3.63, 3.8) is 0 Å². The molecular weight excluding hydrogens is 258 g/mol. The first-order chi connectivity index (χ1) is 9.54. The van der Waals surface area contributed by atoms with E-state index in [1.807, 2.05) is 13.8 Å². The van der Waals surface area contributed by atoms with Crippen molar-refractivity contribution in [2.75, 3.05) is 33.8 Å². The third-order valence-corrected chi connectivity index (χ3v) is 3.03. The molecule has 0 fully saturated rings. The Hall–Kier alpha value is -2.11. The molecule has 0 aliphatic heterocycles. The number of carbonyl (C=O) groups is 2. The maximum Gasteiger partial charge on any atom is 0.259 e. The van der Waals surface area contributed by atoms with Crippen molar-refractivity contribution in [1.82, 2.24) is 14.8 Å². The summed E-state index contributed by atoms with van der Waals surface area (Å²) in [5.41, 5.74) is 0.352. The van der Waals surface area contributed by atoms with Crippen LogP contribution in [0.2, 0.25) is 0 Å². The molecule has 0 spiro atoms. The second-order valence-corrected chi connectivity index (χ2v) is 4.29. The number of ether oxygens (including phenoxy) is 1. The molecule has 0 bridgehead atoms. The van der Waals surface area contributed by atoms with E-state index in [0.29, 0.717) is 18.7 Å². The average molecular weight is 279 g/mol. The summed E-state index contributed by atoms with van der Waals surface area (Å²) in [6, 6.07) is 3.29. The van der Waals surface area contributed by atoms with Crippen molar-refractivity contribution in [2.45, 2.75) is 13.8 Å². The van der Waals surface area contributed by atoms with Gasteiger partial charge in [0.15, 0.2) is 0 Å². The summed E-state index contributed by atoms with van der Waals surface area (Å²) in [5.74, 6) is -0.0937. The topological polar surface area (TPSA) is 62.7 Å². The van der Waals surface area contributed by atoms with E-state index in [9.17, 15) is 9.59 Å². The molecular formula is C14H21N3O3. The van der Waals surface area contributed by atoms with E-state index >= 15 is 0 Å². The summed E-state index contributed by atoms with van der Waals surface area (Å²) in [6.07, 6.45) is 1.55. The average Bonchev–Trinajstić information content (AvgIpc) is 2.47. The predicted molar refractivity (Wildman–Crippen MR) is 75.7 cm³/mol. The van der Waals surface area contributed by atoms with Crippen molar-refractivity contribution in [3.05, 3.63) is 23.9 Å². The second kappa shape index (κ2) is 7.47. The Morgan fingerprint density at radius 1 is 1.30 bits per heavy atom. The van der Waals surface area contributed by atoms with Gasteiger partial charge < -0.3 is 14.5 Å². The van der Waals surface area contributed by atoms with Crippen LogP contribution in [0.5, 0.6) is 5.88 Å². The van der Waals surface area contributed by atoms with Gasteiger partial charge >= 0.3 is 0 Å². The smallest absolute Gasteiger partial charge is 0.259 e. The molecule has 6 nitrogen and oxygen atoms in total. The number of hydrogen-bond donors (Lipinski definition) is 0. The Morgan fingerprint density at radius 2 is 1.95 bits per heavy atom. The number of methoxy groups -OCH3 is 1. The number of rotatable bonds is 6. The number of likely N-dealkylation sites (N-methyl/N-ethyl adjacent to an activating group) is 2. The normalized spacial score (nSPS) is 10.0. The van der Waals surface area contributed by atoms with Crippen molar-refractivity contribution in [2.24, 2.45) is 0 Å². The molecule has 2 amide bonds. The Bertz CT molecular complexity index is 472. The van der Waals surface area contributed by atoms with Crippen LogP contribution in [0.15, 0.2) is 18.3 Å². The molecule has 1 aromatic heterocycles. The van der Waals surface area contributed by atoms with E-state index in [1.54, 1.807) is 30.3 Å². The quantitative estimate of drug-likeness (QED) is 0.780. The van der Waals surface area contributed by atoms with Crippen molar-refractivity contribution < 1.29 is 14.3 Å². The molecule has 110 valence electrons. The summed E-state index contributed by atoms with van der Waals surface area (Å²) in [7, 11) is 3.05. The molecule has 1 aromatic rings. The van der Waals surface area contributed by atoms with Gasteiger partial charge in [0.2, 0.25) is 11.8 Å². The lowest BCUT2D eigenvalue weighted by atomic mass is 10.2. The fourth-order valence-electron chi connectivity index (χ4n) is 1.87. The van der Waals surface area contributed by atoms with Gasteiger partial charge in [-0.2, -0.15) is 0 Å². The van der Waals surface area contributed by atoms with Crippen LogP contribution in [0.4, 0.5) is 0 Å². The molecule has 20 heavy (non-hydrogen) atoms. The van der Waals surface area contributed by atoms with E-state index in [-0.39, 0.29) is 24.2 Å². The molecule has 0 saturated heterocycles. The largest absolute Gasteiger partial charge is 0.480 e. The maximum absolute atomic E-state index is 12.3. The summed E-state index contributed by atoms with van der Waals surface area (Å²) in [4.78, 5) is 31.3. The first-order valence-corrected chi connectivity index (χ1v) is 6.57. The van der Waals surface area contributed by atoms with Crippen LogP contribution in [0.1, 0.15) is 24.2 Å². The van der Waals surface area contributed by atoms with Crippen molar-refractivity contribution >= 4 is 11.8 Å². The number of pyridine rings is 1. The Balaban J connectivity index is 2.79. The van der Waals surface area contributed by atoms with Crippen molar-refractivity contribution in [1.29, 1.82) is 0 Å². The first-order valence-electron chi connectivity index (χ1n) is 6.57. The molecule has 0 unspecified atom stereocenters. The molecule has 1 heterocycles. The zero-order chi connectivity index (χ0) is 15.1. The summed E-state index contributed by atoms with van der Waals surface area (Å²) >= 11 is 0. The van der Waals surface area contributed by atoms with Crippen LogP contribution < -0.4 is 4.74 Å². The van der Waals surface area contributed by atoms with Gasteiger partial charge in [0.05, 0.1) is 13.7 Å². The number of amides is 2. The van der Waals surface area contributed by atoms with Gasteiger partial charge in [0, 0.05) is 26.3 Å². The van der Waals surface area contributed by atoms with E-state index in [1.165, 1.54) is 12.0 Å². The number of nitrogens with zero attached hydrogens (tertiary/aromatic N) is 3. The van der Waals surface area contributed by atoms with Gasteiger partial charge in [-0.15, -0.1) is 0 Å². The molecule has 0 aliphatic rings. The van der Waals surface area contributed by atoms with Gasteiger partial charge in [-0.25, -0.2) is 4.98 Å². The SMILES string of the molecule is CCN(CC)C(=O)CN(C)C(=O)c1cccnc1OC. The lowest BCUT2D eigenvalue weighted by molar-refractivity contribution is -0.131. The number of hydrogen-bond acceptors (Lipinski definition) is 4. The molecule has 0 aliphatic carbocycles. The van der Waals surface area contributed by atoms with Gasteiger partial charge in [-0.05, 0) is 26.0 Å². The Kier molecular flexibility index (Phi) is 5.96. The van der Waals surface area contributed by atoms with E-state index in [4.69, 9.17) is 4.74 Å². The van der Waals surface area contributed by atoms with Crippen LogP contribution in [0, 0.1) is 0 Å². The minimum atomic E-state index is -0.282. The zero-order valence-electron chi connectivity index (χ0n) is 12.4. The third-order valence-electron chi connectivity index (χ3n) is 3.03. The molecule has 0 aromatic carbocycles. The summed E-state index contributed by atoms with van der Waals surface area (Å²) in [5, 5.41) is 0. The monoisotopic (exact) mass is 279 g/mol. The van der Waals surface area contributed by atoms with Crippen LogP contribution >= 0.6 is 0 Å². The highest BCUT2D eigenvalue weighted by Gasteiger charge is 2.20. The van der Waals surface area contributed by atoms with E-state index in [0.717, 1.165) is 0 Å². The standard InChI is InChI=1S/C14H21N3O3/c1-5-17(6-2)12(18)10-16(3)14(19)11-8-7-9-15-13(11)20-4/h7-9H,5-6,10H2,1-4H3. The summed E-state index contributed by atoms with van der Waals surface area (Å²) < 4.78 is 5.06. The number of aromatic nitrogens is 1. The molecule has 0 saturated carbocycles. The minimum absolute atomic E-state index is 0.0402. The molecule has 0 N–H and O–H groups in total. The Morgan fingerprint density at radius 3 is 2.50 bits per heavy atom. The lowest BCUT2D eigenvalue weighted by Gasteiger charge is -2.23. The fraction of sp³-hybridized carbons (Fsp3) is 0.500. The first kappa shape index (κ1) is 15.9. The highest BCUT2D eigenvalue weighted by Crippen LogP contribution is 2.15. The molecule has 6 heteroatoms. The highest BCUT2D eigenvalue weighted by molar-refractivity contribution is 5.98. The highest BCUT2D eigenvalue weighted by atomic mass is 16.5. The number of carbonyl (C=O) groups excluding carboxylic acids is 2. The zero-order valence-corrected chi connectivity index (χ0v) is 12.4. The molecule has 1 rings (SSSR count). The Labute approximate surface area is 119 Å². The second-order valence-electron chi connectivity index (χ2n) is 4.29. The third kappa shape index (κ3) is 3.69. The van der Waals surface area contributed by atoms with Gasteiger partial charge in [0.25, 0.3) is 5.91 Å². The van der Waals surface area contributed by atoms with Crippen LogP contribution in [-0.2, 0) is 4.79 Å². The van der Waals surface area contributed by atoms with E-state index < -0.39 is 0 Å². The lowest BCUT2D eigenvalue weighted by Crippen LogP contribution is -2.41. The maximum atomic E-state index is 12.3. The van der Waals surface area contributed by atoms with Crippen LogP contribution in [-0.4, -0.2) is 60.4 Å². The molecule has 0 radical (unpaired) electrons. The van der Waals surface area contributed by atoms with Gasteiger partial charge in [0.1, 0.15) is 5.56 Å². The molecule has 0 atom stereocenters. The van der Waals surface area contributed by atoms with Crippen LogP contribution in [0.3, 0.4) is 0 Å². The van der Waals surface area contributed by atoms with E-state index in [2.05, 4.69) is 4.98 Å². The van der Waals surface area contributed by atoms with Gasteiger partial charge in [-0.3, -0.25) is 9.59 Å². The fourth-order valence-corrected chi connectivity index (χ4v) is 1.87. The predicted octanol–water partition coefficient (Wildman–Crippen LogP) is 1.03. The van der Waals surface area contributed by atoms with Crippen LogP contribution in [0.25, 0.3) is 0 Å².